The van der Waals surface area contributed by atoms with Crippen LogP contribution in [0.5, 0.6) is 0 Å². The van der Waals surface area contributed by atoms with Crippen molar-refractivity contribution in [1.29, 1.82) is 0 Å². The summed E-state index contributed by atoms with van der Waals surface area (Å²) in [6, 6.07) is 0.584. The van der Waals surface area contributed by atoms with Crippen molar-refractivity contribution in [1.82, 2.24) is 20.1 Å². The molecule has 1 fully saturated rings. The Morgan fingerprint density at radius 1 is 1.50 bits per heavy atom. The maximum Gasteiger partial charge on any atom is 0.236 e. The Morgan fingerprint density at radius 3 is 2.85 bits per heavy atom. The minimum atomic E-state index is 0.195. The molecule has 1 aromatic rings. The van der Waals surface area contributed by atoms with Gasteiger partial charge in [-0.05, 0) is 12.8 Å². The largest absolute Gasteiger partial charge is 0.348 e. The zero-order valence-corrected chi connectivity index (χ0v) is 13.2. The third kappa shape index (κ3) is 4.85. The molecular weight excluding hydrogens is 272 g/mol. The number of thiazole rings is 1. The molecule has 5 nitrogen and oxygen atoms in total. The van der Waals surface area contributed by atoms with E-state index in [2.05, 4.69) is 15.2 Å². The van der Waals surface area contributed by atoms with Gasteiger partial charge in [-0.2, -0.15) is 0 Å². The molecule has 1 saturated heterocycles. The Morgan fingerprint density at radius 2 is 2.25 bits per heavy atom. The normalized spacial score (nSPS) is 17.3. The maximum atomic E-state index is 11.7. The van der Waals surface area contributed by atoms with Gasteiger partial charge in [0.05, 0.1) is 11.6 Å². The van der Waals surface area contributed by atoms with Crippen LogP contribution in [0.3, 0.4) is 0 Å². The van der Waals surface area contributed by atoms with Gasteiger partial charge < -0.3 is 10.2 Å². The molecule has 0 bridgehead atoms. The maximum absolute atomic E-state index is 11.7. The van der Waals surface area contributed by atoms with Crippen molar-refractivity contribution in [2.75, 3.05) is 40.3 Å². The Hall–Kier alpha value is -0.980. The fraction of sp³-hybridized carbons (Fsp3) is 0.714. The number of rotatable bonds is 6. The molecule has 0 unspecified atom stereocenters. The quantitative estimate of drug-likeness (QED) is 0.845. The minimum absolute atomic E-state index is 0.195. The number of piperidine rings is 1. The number of carbonyl (C=O) groups excluding carboxylic acids is 1. The highest BCUT2D eigenvalue weighted by Crippen LogP contribution is 2.11. The zero-order valence-electron chi connectivity index (χ0n) is 12.3. The molecule has 6 heteroatoms. The fourth-order valence-corrected chi connectivity index (χ4v) is 3.01. The molecule has 112 valence electrons. The highest BCUT2D eigenvalue weighted by molar-refractivity contribution is 7.09. The zero-order chi connectivity index (χ0) is 14.4. The van der Waals surface area contributed by atoms with Gasteiger partial charge >= 0.3 is 0 Å². The van der Waals surface area contributed by atoms with Gasteiger partial charge in [0.25, 0.3) is 0 Å². The van der Waals surface area contributed by atoms with E-state index in [0.29, 0.717) is 12.6 Å². The number of carbonyl (C=O) groups is 1. The highest BCUT2D eigenvalue weighted by atomic mass is 32.1. The predicted octanol–water partition coefficient (Wildman–Crippen LogP) is 0.828. The van der Waals surface area contributed by atoms with Crippen molar-refractivity contribution < 1.29 is 4.79 Å². The summed E-state index contributed by atoms with van der Waals surface area (Å²) < 4.78 is 0. The van der Waals surface area contributed by atoms with Gasteiger partial charge in [-0.25, -0.2) is 4.98 Å². The van der Waals surface area contributed by atoms with Gasteiger partial charge in [-0.3, -0.25) is 9.69 Å². The average molecular weight is 296 g/mol. The number of hydrogen-bond donors (Lipinski definition) is 1. The van der Waals surface area contributed by atoms with Gasteiger partial charge in [0, 0.05) is 57.8 Å². The average Bonchev–Trinajstić information content (AvgIpc) is 2.94. The second-order valence-corrected chi connectivity index (χ2v) is 6.45. The molecule has 0 atom stereocenters. The molecule has 2 rings (SSSR count). The van der Waals surface area contributed by atoms with E-state index >= 15 is 0 Å². The number of aromatic nitrogens is 1. The molecule has 0 spiro atoms. The van der Waals surface area contributed by atoms with Crippen molar-refractivity contribution in [3.8, 4) is 0 Å². The SMILES string of the molecule is CN(C)C(=O)CN1CCC(NCCc2nccs2)CC1. The summed E-state index contributed by atoms with van der Waals surface area (Å²) in [5.41, 5.74) is 0. The summed E-state index contributed by atoms with van der Waals surface area (Å²) in [7, 11) is 3.63. The lowest BCUT2D eigenvalue weighted by atomic mass is 10.0. The number of amides is 1. The lowest BCUT2D eigenvalue weighted by molar-refractivity contribution is -0.130. The smallest absolute Gasteiger partial charge is 0.236 e. The van der Waals surface area contributed by atoms with Crippen molar-refractivity contribution in [2.45, 2.75) is 25.3 Å². The van der Waals surface area contributed by atoms with E-state index in [0.717, 1.165) is 38.9 Å². The highest BCUT2D eigenvalue weighted by Gasteiger charge is 2.20. The number of nitrogens with one attached hydrogen (secondary N) is 1. The van der Waals surface area contributed by atoms with Crippen LogP contribution in [0.4, 0.5) is 0 Å². The van der Waals surface area contributed by atoms with Gasteiger partial charge in [0.2, 0.25) is 5.91 Å². The van der Waals surface area contributed by atoms with E-state index in [1.165, 1.54) is 5.01 Å². The van der Waals surface area contributed by atoms with Crippen LogP contribution in [0, 0.1) is 0 Å². The molecule has 0 saturated carbocycles. The number of hydrogen-bond acceptors (Lipinski definition) is 5. The fourth-order valence-electron chi connectivity index (χ4n) is 2.39. The van der Waals surface area contributed by atoms with Crippen molar-refractivity contribution in [3.05, 3.63) is 16.6 Å². The monoisotopic (exact) mass is 296 g/mol. The van der Waals surface area contributed by atoms with Crippen LogP contribution in [0.2, 0.25) is 0 Å². The minimum Gasteiger partial charge on any atom is -0.348 e. The number of likely N-dealkylation sites (N-methyl/N-ethyl adjacent to an activating group) is 1. The van der Waals surface area contributed by atoms with E-state index < -0.39 is 0 Å². The molecule has 1 aromatic heterocycles. The van der Waals surface area contributed by atoms with Crippen molar-refractivity contribution in [3.63, 3.8) is 0 Å². The van der Waals surface area contributed by atoms with Gasteiger partial charge in [-0.15, -0.1) is 11.3 Å². The summed E-state index contributed by atoms with van der Waals surface area (Å²) in [6.45, 7) is 3.57. The molecular formula is C14H24N4OS. The summed E-state index contributed by atoms with van der Waals surface area (Å²) in [5.74, 6) is 0.195. The molecule has 0 aliphatic carbocycles. The molecule has 0 aromatic carbocycles. The summed E-state index contributed by atoms with van der Waals surface area (Å²) in [5, 5.41) is 6.83. The van der Waals surface area contributed by atoms with Crippen LogP contribution in [-0.2, 0) is 11.2 Å². The van der Waals surface area contributed by atoms with Crippen LogP contribution < -0.4 is 5.32 Å². The topological polar surface area (TPSA) is 48.5 Å². The number of likely N-dealkylation sites (tertiary alicyclic amines) is 1. The Balaban J connectivity index is 1.60. The van der Waals surface area contributed by atoms with Crippen LogP contribution in [0.1, 0.15) is 17.8 Å². The van der Waals surface area contributed by atoms with Gasteiger partial charge in [-0.1, -0.05) is 0 Å². The molecule has 1 aliphatic rings. The van der Waals surface area contributed by atoms with Crippen LogP contribution in [0.25, 0.3) is 0 Å². The standard InChI is InChI=1S/C14H24N4OS/c1-17(2)14(19)11-18-8-4-12(5-9-18)15-6-3-13-16-7-10-20-13/h7,10,12,15H,3-6,8-9,11H2,1-2H3. The molecule has 2 heterocycles. The van der Waals surface area contributed by atoms with Crippen molar-refractivity contribution in [2.24, 2.45) is 0 Å². The molecule has 1 amide bonds. The Kier molecular flexibility index (Phi) is 5.94. The lowest BCUT2D eigenvalue weighted by Gasteiger charge is -2.32. The van der Waals surface area contributed by atoms with Gasteiger partial charge in [0.1, 0.15) is 0 Å². The first-order valence-electron chi connectivity index (χ1n) is 7.19. The van der Waals surface area contributed by atoms with E-state index in [-0.39, 0.29) is 5.91 Å². The van der Waals surface area contributed by atoms with Gasteiger partial charge in [0.15, 0.2) is 0 Å². The second-order valence-electron chi connectivity index (χ2n) is 5.47. The first-order chi connectivity index (χ1) is 9.65. The summed E-state index contributed by atoms with van der Waals surface area (Å²) in [6.07, 6.45) is 5.12. The van der Waals surface area contributed by atoms with E-state index in [9.17, 15) is 4.79 Å². The van der Waals surface area contributed by atoms with Crippen LogP contribution >= 0.6 is 11.3 Å². The number of nitrogens with zero attached hydrogens (tertiary/aromatic N) is 3. The molecule has 0 radical (unpaired) electrons. The third-order valence-corrected chi connectivity index (χ3v) is 4.54. The summed E-state index contributed by atoms with van der Waals surface area (Å²) in [4.78, 5) is 19.9. The van der Waals surface area contributed by atoms with Crippen LogP contribution in [-0.4, -0.2) is 67.0 Å². The Bertz CT molecular complexity index is 399. The second kappa shape index (κ2) is 7.71. The van der Waals surface area contributed by atoms with E-state index in [1.807, 2.05) is 25.7 Å². The molecule has 20 heavy (non-hydrogen) atoms. The van der Waals surface area contributed by atoms with E-state index in [1.54, 1.807) is 16.2 Å². The van der Waals surface area contributed by atoms with E-state index in [4.69, 9.17) is 0 Å². The first-order valence-corrected chi connectivity index (χ1v) is 8.07. The van der Waals surface area contributed by atoms with Crippen LogP contribution in [0.15, 0.2) is 11.6 Å². The predicted molar refractivity (Wildman–Crippen MR) is 82.0 cm³/mol. The first kappa shape index (κ1) is 15.4. The summed E-state index contributed by atoms with van der Waals surface area (Å²) >= 11 is 1.72. The molecule has 1 N–H and O–H groups in total. The Labute approximate surface area is 125 Å². The lowest BCUT2D eigenvalue weighted by Crippen LogP contribution is -2.46. The molecule has 1 aliphatic heterocycles. The third-order valence-electron chi connectivity index (χ3n) is 3.70. The van der Waals surface area contributed by atoms with Crippen molar-refractivity contribution >= 4 is 17.2 Å².